The summed E-state index contributed by atoms with van der Waals surface area (Å²) >= 11 is 6.03. The minimum Gasteiger partial charge on any atom is -0.382 e. The highest BCUT2D eigenvalue weighted by Crippen LogP contribution is 2.35. The Bertz CT molecular complexity index is 467. The van der Waals surface area contributed by atoms with Crippen LogP contribution in [0.15, 0.2) is 18.2 Å². The molecular formula is C15H21ClN2O. The number of nitrogens with one attached hydrogen (secondary N) is 2. The Morgan fingerprint density at radius 1 is 1.37 bits per heavy atom. The molecule has 0 saturated heterocycles. The Kier molecular flexibility index (Phi) is 4.35. The molecule has 2 N–H and O–H groups in total. The Balaban J connectivity index is 2.00. The molecule has 1 aromatic carbocycles. The average molecular weight is 281 g/mol. The largest absolute Gasteiger partial charge is 0.382 e. The van der Waals surface area contributed by atoms with Crippen LogP contribution in [-0.2, 0) is 0 Å². The molecule has 0 spiro atoms. The van der Waals surface area contributed by atoms with E-state index < -0.39 is 0 Å². The normalized spacial score (nSPS) is 21.9. The first kappa shape index (κ1) is 14.2. The van der Waals surface area contributed by atoms with Crippen LogP contribution in [0.5, 0.6) is 0 Å². The Hall–Kier alpha value is -1.22. The minimum absolute atomic E-state index is 0.151. The lowest BCUT2D eigenvalue weighted by Crippen LogP contribution is -2.37. The molecule has 0 unspecified atom stereocenters. The summed E-state index contributed by atoms with van der Waals surface area (Å²) < 4.78 is 0. The van der Waals surface area contributed by atoms with Crippen molar-refractivity contribution in [3.05, 3.63) is 28.8 Å². The summed E-state index contributed by atoms with van der Waals surface area (Å²) in [5.41, 5.74) is 1.49. The van der Waals surface area contributed by atoms with E-state index in [1.54, 1.807) is 13.1 Å². The maximum absolute atomic E-state index is 11.7. The number of carbonyl (C=O) groups is 1. The van der Waals surface area contributed by atoms with Gasteiger partial charge in [0.15, 0.2) is 0 Å². The summed E-state index contributed by atoms with van der Waals surface area (Å²) in [6.45, 7) is 4.54. The molecule has 0 radical (unpaired) electrons. The van der Waals surface area contributed by atoms with Crippen molar-refractivity contribution < 1.29 is 4.79 Å². The number of carbonyl (C=O) groups excluding carboxylic acids is 1. The zero-order valence-electron chi connectivity index (χ0n) is 11.7. The van der Waals surface area contributed by atoms with Gasteiger partial charge < -0.3 is 10.6 Å². The van der Waals surface area contributed by atoms with E-state index in [-0.39, 0.29) is 5.91 Å². The summed E-state index contributed by atoms with van der Waals surface area (Å²) in [4.78, 5) is 11.7. The summed E-state index contributed by atoms with van der Waals surface area (Å²) in [5, 5.41) is 6.56. The van der Waals surface area contributed by atoms with E-state index in [1.165, 1.54) is 12.8 Å². The van der Waals surface area contributed by atoms with Crippen LogP contribution in [-0.4, -0.2) is 19.0 Å². The molecule has 1 fully saturated rings. The lowest BCUT2D eigenvalue weighted by atomic mass is 9.73. The second-order valence-corrected chi connectivity index (χ2v) is 6.00. The quantitative estimate of drug-likeness (QED) is 0.886. The molecule has 1 aromatic rings. The van der Waals surface area contributed by atoms with Crippen molar-refractivity contribution in [3.63, 3.8) is 0 Å². The number of hydrogen-bond donors (Lipinski definition) is 2. The van der Waals surface area contributed by atoms with Gasteiger partial charge in [0, 0.05) is 18.8 Å². The number of halogens is 1. The number of amides is 1. The van der Waals surface area contributed by atoms with Gasteiger partial charge in [-0.1, -0.05) is 25.4 Å². The van der Waals surface area contributed by atoms with Crippen molar-refractivity contribution in [2.24, 2.45) is 11.8 Å². The van der Waals surface area contributed by atoms with Gasteiger partial charge in [-0.2, -0.15) is 0 Å². The highest BCUT2D eigenvalue weighted by atomic mass is 35.5. The lowest BCUT2D eigenvalue weighted by Gasteiger charge is -2.39. The Morgan fingerprint density at radius 3 is 2.63 bits per heavy atom. The molecule has 19 heavy (non-hydrogen) atoms. The van der Waals surface area contributed by atoms with E-state index in [9.17, 15) is 4.79 Å². The zero-order chi connectivity index (χ0) is 14.0. The van der Waals surface area contributed by atoms with Crippen molar-refractivity contribution in [2.45, 2.75) is 32.7 Å². The predicted molar refractivity (Wildman–Crippen MR) is 79.8 cm³/mol. The van der Waals surface area contributed by atoms with Crippen LogP contribution in [0.4, 0.5) is 5.69 Å². The van der Waals surface area contributed by atoms with E-state index in [1.807, 2.05) is 12.1 Å². The van der Waals surface area contributed by atoms with Crippen molar-refractivity contribution >= 4 is 23.2 Å². The fourth-order valence-corrected chi connectivity index (χ4v) is 2.69. The summed E-state index contributed by atoms with van der Waals surface area (Å²) in [5.74, 6) is 1.43. The van der Waals surface area contributed by atoms with Gasteiger partial charge >= 0.3 is 0 Å². The Morgan fingerprint density at radius 2 is 2.05 bits per heavy atom. The van der Waals surface area contributed by atoms with Crippen LogP contribution < -0.4 is 10.6 Å². The van der Waals surface area contributed by atoms with Gasteiger partial charge in [-0.05, 0) is 42.9 Å². The van der Waals surface area contributed by atoms with Crippen molar-refractivity contribution in [1.82, 2.24) is 5.32 Å². The van der Waals surface area contributed by atoms with Gasteiger partial charge in [-0.25, -0.2) is 0 Å². The van der Waals surface area contributed by atoms with E-state index in [4.69, 9.17) is 11.6 Å². The molecule has 104 valence electrons. The molecule has 0 aliphatic heterocycles. The molecule has 0 aromatic heterocycles. The first-order valence-corrected chi connectivity index (χ1v) is 7.17. The molecule has 0 atom stereocenters. The molecule has 1 amide bonds. The third-order valence-corrected chi connectivity index (χ3v) is 4.26. The Labute approximate surface area is 119 Å². The topological polar surface area (TPSA) is 41.1 Å². The average Bonchev–Trinajstić information content (AvgIpc) is 2.33. The first-order chi connectivity index (χ1) is 9.01. The second kappa shape index (κ2) is 5.83. The predicted octanol–water partition coefficient (Wildman–Crippen LogP) is 3.55. The highest BCUT2D eigenvalue weighted by molar-refractivity contribution is 6.34. The molecule has 1 aliphatic rings. The van der Waals surface area contributed by atoms with Gasteiger partial charge in [0.1, 0.15) is 0 Å². The van der Waals surface area contributed by atoms with Crippen LogP contribution in [0.25, 0.3) is 0 Å². The van der Waals surface area contributed by atoms with Gasteiger partial charge in [-0.15, -0.1) is 0 Å². The summed E-state index contributed by atoms with van der Waals surface area (Å²) in [6.07, 6.45) is 2.41. The maximum Gasteiger partial charge on any atom is 0.252 e. The molecule has 1 saturated carbocycles. The zero-order valence-corrected chi connectivity index (χ0v) is 12.4. The first-order valence-electron chi connectivity index (χ1n) is 6.79. The van der Waals surface area contributed by atoms with Crippen LogP contribution in [0.1, 0.15) is 37.0 Å². The number of rotatable bonds is 4. The number of benzene rings is 1. The highest BCUT2D eigenvalue weighted by Gasteiger charge is 2.31. The van der Waals surface area contributed by atoms with Crippen LogP contribution >= 0.6 is 11.6 Å². The number of anilines is 1. The third-order valence-electron chi connectivity index (χ3n) is 3.93. The fourth-order valence-electron chi connectivity index (χ4n) is 2.48. The molecule has 0 heterocycles. The summed E-state index contributed by atoms with van der Waals surface area (Å²) in [6, 6.07) is 6.04. The van der Waals surface area contributed by atoms with Crippen LogP contribution in [0.2, 0.25) is 5.02 Å². The van der Waals surface area contributed by atoms with Crippen LogP contribution in [0.3, 0.4) is 0 Å². The van der Waals surface area contributed by atoms with Gasteiger partial charge in [0.05, 0.1) is 10.6 Å². The molecule has 0 bridgehead atoms. The molecule has 2 rings (SSSR count). The molecule has 4 heteroatoms. The lowest BCUT2D eigenvalue weighted by molar-refractivity contribution is 0.0963. The molecular weight excluding hydrogens is 260 g/mol. The van der Waals surface area contributed by atoms with E-state index >= 15 is 0 Å². The van der Waals surface area contributed by atoms with Gasteiger partial charge in [-0.3, -0.25) is 4.79 Å². The van der Waals surface area contributed by atoms with Crippen molar-refractivity contribution in [2.75, 3.05) is 12.4 Å². The fraction of sp³-hybridized carbons (Fsp3) is 0.533. The van der Waals surface area contributed by atoms with Crippen LogP contribution in [0, 0.1) is 11.8 Å². The smallest absolute Gasteiger partial charge is 0.252 e. The van der Waals surface area contributed by atoms with Gasteiger partial charge in [0.2, 0.25) is 0 Å². The standard InChI is InChI=1S/C15H21ClN2O/c1-9(2)10-6-12(7-10)18-11-4-5-14(16)13(8-11)15(19)17-3/h4-5,8-10,12,18H,6-7H2,1-3H3,(H,17,19). The monoisotopic (exact) mass is 280 g/mol. The SMILES string of the molecule is CNC(=O)c1cc(NC2CC(C(C)C)C2)ccc1Cl. The number of hydrogen-bond acceptors (Lipinski definition) is 2. The van der Waals surface area contributed by atoms with E-state index in [0.29, 0.717) is 16.6 Å². The molecule has 3 nitrogen and oxygen atoms in total. The van der Waals surface area contributed by atoms with Crippen molar-refractivity contribution in [3.8, 4) is 0 Å². The van der Waals surface area contributed by atoms with E-state index in [0.717, 1.165) is 17.5 Å². The molecule has 1 aliphatic carbocycles. The maximum atomic E-state index is 11.7. The third kappa shape index (κ3) is 3.21. The summed E-state index contributed by atoms with van der Waals surface area (Å²) in [7, 11) is 1.61. The van der Waals surface area contributed by atoms with Gasteiger partial charge in [0.25, 0.3) is 5.91 Å². The van der Waals surface area contributed by atoms with E-state index in [2.05, 4.69) is 24.5 Å². The second-order valence-electron chi connectivity index (χ2n) is 5.59. The minimum atomic E-state index is -0.151. The van der Waals surface area contributed by atoms with Crippen molar-refractivity contribution in [1.29, 1.82) is 0 Å².